The predicted molar refractivity (Wildman–Crippen MR) is 111 cm³/mol. The molecule has 2 heterocycles. The van der Waals surface area contributed by atoms with Crippen LogP contribution in [0.15, 0.2) is 70.1 Å². The summed E-state index contributed by atoms with van der Waals surface area (Å²) in [5.41, 5.74) is 0.0855. The molecule has 0 saturated carbocycles. The number of ether oxygens (including phenoxy) is 1. The van der Waals surface area contributed by atoms with Crippen LogP contribution >= 0.6 is 0 Å². The molecule has 0 fully saturated rings. The summed E-state index contributed by atoms with van der Waals surface area (Å²) in [6, 6.07) is 14.6. The number of carbonyl (C=O) groups excluding carboxylic acids is 1. The third-order valence-corrected chi connectivity index (χ3v) is 4.82. The Hall–Kier alpha value is -4.27. The number of hydrogen-bond acceptors (Lipinski definition) is 7. The van der Waals surface area contributed by atoms with Crippen molar-refractivity contribution in [1.29, 1.82) is 0 Å². The first kappa shape index (κ1) is 20.0. The standard InChI is InChI=1S/C22H17N3O6/c1-14-6-4-10-18(25(28)29)20(14)22(27)31-13-19-23-17-9-3-2-8-16(17)21(26)24(19)12-15-7-5-11-30-15/h2-11H,12-13H2,1H3. The van der Waals surface area contributed by atoms with Crippen LogP contribution in [0.1, 0.15) is 27.5 Å². The summed E-state index contributed by atoms with van der Waals surface area (Å²) >= 11 is 0. The second-order valence-corrected chi connectivity index (χ2v) is 6.82. The number of benzene rings is 2. The van der Waals surface area contributed by atoms with Crippen molar-refractivity contribution in [2.45, 2.75) is 20.1 Å². The van der Waals surface area contributed by atoms with E-state index in [-0.39, 0.29) is 35.8 Å². The van der Waals surface area contributed by atoms with E-state index in [1.807, 2.05) is 0 Å². The molecular weight excluding hydrogens is 402 g/mol. The molecule has 9 nitrogen and oxygen atoms in total. The molecule has 0 spiro atoms. The van der Waals surface area contributed by atoms with Crippen LogP contribution in [-0.2, 0) is 17.9 Å². The normalized spacial score (nSPS) is 10.9. The molecule has 0 radical (unpaired) electrons. The molecule has 2 aromatic carbocycles. The monoisotopic (exact) mass is 419 g/mol. The van der Waals surface area contributed by atoms with Gasteiger partial charge in [0.25, 0.3) is 11.2 Å². The van der Waals surface area contributed by atoms with Crippen molar-refractivity contribution < 1.29 is 18.9 Å². The van der Waals surface area contributed by atoms with Gasteiger partial charge in [0.2, 0.25) is 0 Å². The lowest BCUT2D eigenvalue weighted by Crippen LogP contribution is -2.27. The molecule has 0 aliphatic carbocycles. The second kappa shape index (κ2) is 8.23. The summed E-state index contributed by atoms with van der Waals surface area (Å²) in [6.07, 6.45) is 1.49. The van der Waals surface area contributed by atoms with Crippen molar-refractivity contribution in [3.63, 3.8) is 0 Å². The molecule has 0 aliphatic heterocycles. The fourth-order valence-electron chi connectivity index (χ4n) is 3.32. The molecule has 0 unspecified atom stereocenters. The van der Waals surface area contributed by atoms with Crippen molar-refractivity contribution in [3.8, 4) is 0 Å². The molecule has 9 heteroatoms. The Bertz CT molecular complexity index is 1340. The van der Waals surface area contributed by atoms with Gasteiger partial charge in [0.1, 0.15) is 17.9 Å². The minimum Gasteiger partial charge on any atom is -0.467 e. The highest BCUT2D eigenvalue weighted by Crippen LogP contribution is 2.23. The van der Waals surface area contributed by atoms with Crippen molar-refractivity contribution >= 4 is 22.6 Å². The number of furan rings is 1. The van der Waals surface area contributed by atoms with E-state index in [2.05, 4.69) is 4.98 Å². The van der Waals surface area contributed by atoms with Gasteiger partial charge in [-0.15, -0.1) is 0 Å². The number of aromatic nitrogens is 2. The summed E-state index contributed by atoms with van der Waals surface area (Å²) in [5.74, 6) is -0.136. The number of hydrogen-bond donors (Lipinski definition) is 0. The molecule has 4 aromatic rings. The molecule has 0 bridgehead atoms. The summed E-state index contributed by atoms with van der Waals surface area (Å²) in [4.78, 5) is 40.9. The van der Waals surface area contributed by atoms with Gasteiger partial charge in [-0.3, -0.25) is 19.5 Å². The highest BCUT2D eigenvalue weighted by molar-refractivity contribution is 5.95. The fraction of sp³-hybridized carbons (Fsp3) is 0.136. The van der Waals surface area contributed by atoms with Crippen LogP contribution in [-0.4, -0.2) is 20.4 Å². The average molecular weight is 419 g/mol. The zero-order chi connectivity index (χ0) is 22.0. The number of aryl methyl sites for hydroxylation is 1. The van der Waals surface area contributed by atoms with Crippen LogP contribution in [0.3, 0.4) is 0 Å². The van der Waals surface area contributed by atoms with Gasteiger partial charge in [-0.25, -0.2) is 9.78 Å². The first-order chi connectivity index (χ1) is 15.0. The minimum absolute atomic E-state index is 0.0983. The summed E-state index contributed by atoms with van der Waals surface area (Å²) in [7, 11) is 0. The van der Waals surface area contributed by atoms with E-state index in [9.17, 15) is 19.7 Å². The number of fused-ring (bicyclic) bond motifs is 1. The molecule has 156 valence electrons. The van der Waals surface area contributed by atoms with Gasteiger partial charge in [-0.1, -0.05) is 24.3 Å². The van der Waals surface area contributed by atoms with Gasteiger partial charge < -0.3 is 9.15 Å². The number of para-hydroxylation sites is 1. The van der Waals surface area contributed by atoms with E-state index < -0.39 is 10.9 Å². The first-order valence-corrected chi connectivity index (χ1v) is 9.37. The van der Waals surface area contributed by atoms with E-state index in [4.69, 9.17) is 9.15 Å². The maximum absolute atomic E-state index is 13.0. The highest BCUT2D eigenvalue weighted by Gasteiger charge is 2.24. The van der Waals surface area contributed by atoms with E-state index in [1.165, 1.54) is 23.0 Å². The molecule has 0 aliphatic rings. The average Bonchev–Trinajstić information content (AvgIpc) is 3.27. The summed E-state index contributed by atoms with van der Waals surface area (Å²) < 4.78 is 12.1. The second-order valence-electron chi connectivity index (χ2n) is 6.82. The van der Waals surface area contributed by atoms with Gasteiger partial charge in [0.05, 0.1) is 28.6 Å². The van der Waals surface area contributed by atoms with Crippen LogP contribution in [0.2, 0.25) is 0 Å². The summed E-state index contributed by atoms with van der Waals surface area (Å²) in [5, 5.41) is 11.7. The van der Waals surface area contributed by atoms with Crippen LogP contribution in [0.4, 0.5) is 5.69 Å². The zero-order valence-electron chi connectivity index (χ0n) is 16.5. The zero-order valence-corrected chi connectivity index (χ0v) is 16.5. The Balaban J connectivity index is 1.71. The molecule has 2 aromatic heterocycles. The van der Waals surface area contributed by atoms with Crippen LogP contribution in [0, 0.1) is 17.0 Å². The molecule has 0 N–H and O–H groups in total. The van der Waals surface area contributed by atoms with Crippen molar-refractivity contribution in [1.82, 2.24) is 9.55 Å². The smallest absolute Gasteiger partial charge is 0.345 e. The Morgan fingerprint density at radius 1 is 1.16 bits per heavy atom. The van der Waals surface area contributed by atoms with Crippen LogP contribution in [0.5, 0.6) is 0 Å². The molecule has 4 rings (SSSR count). The van der Waals surface area contributed by atoms with Crippen molar-refractivity contribution in [2.75, 3.05) is 0 Å². The molecular formula is C22H17N3O6. The molecule has 0 atom stereocenters. The van der Waals surface area contributed by atoms with Gasteiger partial charge in [0, 0.05) is 6.07 Å². The molecule has 0 saturated heterocycles. The lowest BCUT2D eigenvalue weighted by molar-refractivity contribution is -0.385. The summed E-state index contributed by atoms with van der Waals surface area (Å²) in [6.45, 7) is 1.34. The van der Waals surface area contributed by atoms with E-state index >= 15 is 0 Å². The Morgan fingerprint density at radius 3 is 2.71 bits per heavy atom. The van der Waals surface area contributed by atoms with E-state index in [0.29, 0.717) is 22.2 Å². The highest BCUT2D eigenvalue weighted by atomic mass is 16.6. The van der Waals surface area contributed by atoms with E-state index in [0.717, 1.165) is 0 Å². The third kappa shape index (κ3) is 3.93. The lowest BCUT2D eigenvalue weighted by atomic mass is 10.1. The van der Waals surface area contributed by atoms with Gasteiger partial charge in [-0.05, 0) is 36.8 Å². The maximum Gasteiger partial charge on any atom is 0.345 e. The largest absolute Gasteiger partial charge is 0.467 e. The van der Waals surface area contributed by atoms with Crippen LogP contribution in [0.25, 0.3) is 10.9 Å². The van der Waals surface area contributed by atoms with Gasteiger partial charge in [0.15, 0.2) is 5.82 Å². The van der Waals surface area contributed by atoms with Gasteiger partial charge in [-0.2, -0.15) is 0 Å². The third-order valence-electron chi connectivity index (χ3n) is 4.82. The quantitative estimate of drug-likeness (QED) is 0.266. The Labute approximate surface area is 175 Å². The van der Waals surface area contributed by atoms with Crippen molar-refractivity contribution in [2.24, 2.45) is 0 Å². The SMILES string of the molecule is Cc1cccc([N+](=O)[O-])c1C(=O)OCc1nc2ccccc2c(=O)n1Cc1ccco1. The Morgan fingerprint density at radius 2 is 1.97 bits per heavy atom. The lowest BCUT2D eigenvalue weighted by Gasteiger charge is -2.13. The minimum atomic E-state index is -0.864. The maximum atomic E-state index is 13.0. The predicted octanol–water partition coefficient (Wildman–Crippen LogP) is 3.61. The number of nitro groups is 1. The first-order valence-electron chi connectivity index (χ1n) is 9.37. The van der Waals surface area contributed by atoms with Crippen molar-refractivity contribution in [3.05, 3.63) is 104 Å². The number of carbonyl (C=O) groups is 1. The number of esters is 1. The number of rotatable bonds is 6. The molecule has 0 amide bonds. The number of nitrogens with zero attached hydrogens (tertiary/aromatic N) is 3. The Kier molecular flexibility index (Phi) is 5.31. The fourth-order valence-corrected chi connectivity index (χ4v) is 3.32. The molecule has 31 heavy (non-hydrogen) atoms. The van der Waals surface area contributed by atoms with Gasteiger partial charge >= 0.3 is 5.97 Å². The topological polar surface area (TPSA) is 117 Å². The van der Waals surface area contributed by atoms with E-state index in [1.54, 1.807) is 49.4 Å². The number of nitro benzene ring substituents is 1. The van der Waals surface area contributed by atoms with Crippen LogP contribution < -0.4 is 5.56 Å².